The SMILES string of the molecule is Cc1ccc(CN(Cc2ccncc2)C[C@H]2CCOC(C)(C)C2)s1. The number of nitrogens with zero attached hydrogens (tertiary/aromatic N) is 2. The Hall–Kier alpha value is -1.23. The smallest absolute Gasteiger partial charge is 0.0629 e. The number of aryl methyl sites for hydroxylation is 1. The number of thiophene rings is 1. The Labute approximate surface area is 149 Å². The molecule has 1 atom stereocenters. The Balaban J connectivity index is 1.69. The maximum atomic E-state index is 5.89. The molecule has 1 aliphatic heterocycles. The number of aromatic nitrogens is 1. The van der Waals surface area contributed by atoms with E-state index in [0.717, 1.165) is 32.7 Å². The first kappa shape index (κ1) is 17.6. The molecular formula is C20H28N2OS. The van der Waals surface area contributed by atoms with Crippen LogP contribution in [0.2, 0.25) is 0 Å². The zero-order valence-corrected chi connectivity index (χ0v) is 15.8. The van der Waals surface area contributed by atoms with Crippen molar-refractivity contribution in [2.45, 2.75) is 52.3 Å². The van der Waals surface area contributed by atoms with Gasteiger partial charge < -0.3 is 4.74 Å². The first-order valence-electron chi connectivity index (χ1n) is 8.81. The molecular weight excluding hydrogens is 316 g/mol. The second-order valence-corrected chi connectivity index (χ2v) is 8.88. The third kappa shape index (κ3) is 5.13. The molecule has 3 heterocycles. The van der Waals surface area contributed by atoms with E-state index in [4.69, 9.17) is 4.74 Å². The molecule has 4 heteroatoms. The summed E-state index contributed by atoms with van der Waals surface area (Å²) in [5, 5.41) is 0. The lowest BCUT2D eigenvalue weighted by molar-refractivity contribution is -0.0774. The summed E-state index contributed by atoms with van der Waals surface area (Å²) >= 11 is 1.91. The molecule has 1 fully saturated rings. The van der Waals surface area contributed by atoms with Crippen molar-refractivity contribution < 1.29 is 4.74 Å². The zero-order chi connectivity index (χ0) is 17.0. The van der Waals surface area contributed by atoms with E-state index in [9.17, 15) is 0 Å². The Bertz CT molecular complexity index is 638. The molecule has 3 nitrogen and oxygen atoms in total. The van der Waals surface area contributed by atoms with Crippen LogP contribution in [0.4, 0.5) is 0 Å². The van der Waals surface area contributed by atoms with Crippen LogP contribution < -0.4 is 0 Å². The Morgan fingerprint density at radius 2 is 2.00 bits per heavy atom. The molecule has 1 saturated heterocycles. The van der Waals surface area contributed by atoms with Gasteiger partial charge in [-0.25, -0.2) is 0 Å². The number of rotatable bonds is 6. The standard InChI is InChI=1S/C20H28N2OS/c1-16-4-5-19(24-16)15-22(13-17-6-9-21-10-7-17)14-18-8-11-23-20(2,3)12-18/h4-7,9-10,18H,8,11-15H2,1-3H3/t18-/m0/s1. The van der Waals surface area contributed by atoms with Crippen molar-refractivity contribution in [3.63, 3.8) is 0 Å². The molecule has 130 valence electrons. The van der Waals surface area contributed by atoms with E-state index in [-0.39, 0.29) is 5.60 Å². The van der Waals surface area contributed by atoms with E-state index in [1.165, 1.54) is 21.7 Å². The summed E-state index contributed by atoms with van der Waals surface area (Å²) < 4.78 is 5.89. The topological polar surface area (TPSA) is 25.4 Å². The minimum Gasteiger partial charge on any atom is -0.376 e. The van der Waals surface area contributed by atoms with E-state index >= 15 is 0 Å². The Kier molecular flexibility index (Phi) is 5.69. The molecule has 0 unspecified atom stereocenters. The van der Waals surface area contributed by atoms with Gasteiger partial charge in [-0.05, 0) is 69.4 Å². The largest absolute Gasteiger partial charge is 0.376 e. The molecule has 0 saturated carbocycles. The van der Waals surface area contributed by atoms with Gasteiger partial charge in [-0.15, -0.1) is 11.3 Å². The van der Waals surface area contributed by atoms with Gasteiger partial charge in [0.2, 0.25) is 0 Å². The summed E-state index contributed by atoms with van der Waals surface area (Å²) in [6.45, 7) is 10.6. The molecule has 0 aromatic carbocycles. The summed E-state index contributed by atoms with van der Waals surface area (Å²) in [6.07, 6.45) is 6.09. The molecule has 24 heavy (non-hydrogen) atoms. The highest BCUT2D eigenvalue weighted by Crippen LogP contribution is 2.30. The monoisotopic (exact) mass is 344 g/mol. The second kappa shape index (κ2) is 7.77. The normalized spacial score (nSPS) is 20.4. The van der Waals surface area contributed by atoms with Crippen molar-refractivity contribution in [1.82, 2.24) is 9.88 Å². The minimum atomic E-state index is 0.0186. The van der Waals surface area contributed by atoms with Crippen molar-refractivity contribution >= 4 is 11.3 Å². The summed E-state index contributed by atoms with van der Waals surface area (Å²) in [5.74, 6) is 0.705. The summed E-state index contributed by atoms with van der Waals surface area (Å²) in [6, 6.07) is 8.75. The maximum absolute atomic E-state index is 5.89. The molecule has 2 aromatic heterocycles. The highest BCUT2D eigenvalue weighted by Gasteiger charge is 2.29. The fourth-order valence-electron chi connectivity index (χ4n) is 3.60. The van der Waals surface area contributed by atoms with E-state index in [1.54, 1.807) is 0 Å². The van der Waals surface area contributed by atoms with Crippen LogP contribution in [0.15, 0.2) is 36.7 Å². The van der Waals surface area contributed by atoms with Crippen LogP contribution in [0.25, 0.3) is 0 Å². The molecule has 0 aliphatic carbocycles. The van der Waals surface area contributed by atoms with Gasteiger partial charge in [-0.1, -0.05) is 0 Å². The molecule has 0 radical (unpaired) electrons. The summed E-state index contributed by atoms with van der Waals surface area (Å²) in [7, 11) is 0. The number of hydrogen-bond acceptors (Lipinski definition) is 4. The van der Waals surface area contributed by atoms with Crippen LogP contribution in [0.5, 0.6) is 0 Å². The fourth-order valence-corrected chi connectivity index (χ4v) is 4.53. The molecule has 0 N–H and O–H groups in total. The van der Waals surface area contributed by atoms with Crippen molar-refractivity contribution in [2.75, 3.05) is 13.2 Å². The van der Waals surface area contributed by atoms with Gasteiger partial charge >= 0.3 is 0 Å². The number of pyridine rings is 1. The van der Waals surface area contributed by atoms with E-state index in [0.29, 0.717) is 5.92 Å². The number of ether oxygens (including phenoxy) is 1. The third-order valence-electron chi connectivity index (χ3n) is 4.65. The highest BCUT2D eigenvalue weighted by molar-refractivity contribution is 7.11. The average molecular weight is 345 g/mol. The second-order valence-electron chi connectivity index (χ2n) is 7.50. The fraction of sp³-hybridized carbons (Fsp3) is 0.550. The molecule has 3 rings (SSSR count). The van der Waals surface area contributed by atoms with Crippen LogP contribution >= 0.6 is 11.3 Å². The van der Waals surface area contributed by atoms with Gasteiger partial charge in [0.25, 0.3) is 0 Å². The van der Waals surface area contributed by atoms with E-state index in [2.05, 4.69) is 54.9 Å². The Morgan fingerprint density at radius 3 is 2.67 bits per heavy atom. The Morgan fingerprint density at radius 1 is 1.21 bits per heavy atom. The lowest BCUT2D eigenvalue weighted by atomic mass is 9.88. The summed E-state index contributed by atoms with van der Waals surface area (Å²) in [4.78, 5) is 9.57. The molecule has 1 aliphatic rings. The zero-order valence-electron chi connectivity index (χ0n) is 15.0. The molecule has 0 amide bonds. The lowest BCUT2D eigenvalue weighted by Gasteiger charge is -2.38. The van der Waals surface area contributed by atoms with Crippen LogP contribution in [0.1, 0.15) is 42.0 Å². The van der Waals surface area contributed by atoms with E-state index in [1.807, 2.05) is 23.7 Å². The number of hydrogen-bond donors (Lipinski definition) is 0. The predicted octanol–water partition coefficient (Wildman–Crippen LogP) is 4.66. The maximum Gasteiger partial charge on any atom is 0.0629 e. The molecule has 0 bridgehead atoms. The van der Waals surface area contributed by atoms with Crippen LogP contribution in [0, 0.1) is 12.8 Å². The van der Waals surface area contributed by atoms with Gasteiger partial charge in [-0.2, -0.15) is 0 Å². The van der Waals surface area contributed by atoms with Crippen LogP contribution in [-0.2, 0) is 17.8 Å². The summed E-state index contributed by atoms with van der Waals surface area (Å²) in [5.41, 5.74) is 1.36. The quantitative estimate of drug-likeness (QED) is 0.762. The minimum absolute atomic E-state index is 0.0186. The molecule has 2 aromatic rings. The van der Waals surface area contributed by atoms with Crippen molar-refractivity contribution in [1.29, 1.82) is 0 Å². The first-order chi connectivity index (χ1) is 11.5. The van der Waals surface area contributed by atoms with Gasteiger partial charge in [0.05, 0.1) is 5.60 Å². The van der Waals surface area contributed by atoms with Crippen LogP contribution in [0.3, 0.4) is 0 Å². The predicted molar refractivity (Wildman–Crippen MR) is 100 cm³/mol. The van der Waals surface area contributed by atoms with E-state index < -0.39 is 0 Å². The van der Waals surface area contributed by atoms with Crippen LogP contribution in [-0.4, -0.2) is 28.6 Å². The van der Waals surface area contributed by atoms with Crippen molar-refractivity contribution in [2.24, 2.45) is 5.92 Å². The average Bonchev–Trinajstić information content (AvgIpc) is 2.92. The van der Waals surface area contributed by atoms with Crippen molar-refractivity contribution in [3.8, 4) is 0 Å². The van der Waals surface area contributed by atoms with Gasteiger partial charge in [0.15, 0.2) is 0 Å². The first-order valence-corrected chi connectivity index (χ1v) is 9.62. The molecule has 0 spiro atoms. The van der Waals surface area contributed by atoms with Crippen molar-refractivity contribution in [3.05, 3.63) is 52.0 Å². The van der Waals surface area contributed by atoms with Gasteiger partial charge in [0.1, 0.15) is 0 Å². The lowest BCUT2D eigenvalue weighted by Crippen LogP contribution is -2.39. The van der Waals surface area contributed by atoms with Gasteiger partial charge in [-0.3, -0.25) is 9.88 Å². The van der Waals surface area contributed by atoms with Gasteiger partial charge in [0, 0.05) is 48.4 Å². The third-order valence-corrected chi connectivity index (χ3v) is 5.63. The highest BCUT2D eigenvalue weighted by atomic mass is 32.1.